The molecule has 3 rings (SSSR count). The van der Waals surface area contributed by atoms with E-state index in [-0.39, 0.29) is 30.2 Å². The molecule has 3 heterocycles. The molecule has 0 saturated carbocycles. The van der Waals surface area contributed by atoms with Gasteiger partial charge in [-0.15, -0.1) is 0 Å². The van der Waals surface area contributed by atoms with Crippen molar-refractivity contribution in [2.45, 2.75) is 17.6 Å². The quantitative estimate of drug-likeness (QED) is 0.479. The highest BCUT2D eigenvalue weighted by Crippen LogP contribution is 2.31. The number of thioether (sulfide) groups is 1. The molecule has 136 valence electrons. The minimum atomic E-state index is -1.07. The summed E-state index contributed by atoms with van der Waals surface area (Å²) >= 11 is 7.02. The van der Waals surface area contributed by atoms with E-state index in [1.807, 2.05) is 11.0 Å². The highest BCUT2D eigenvalue weighted by atomic mass is 35.5. The largest absolute Gasteiger partial charge is 0.465 e. The van der Waals surface area contributed by atoms with Crippen LogP contribution in [0.25, 0.3) is 10.9 Å². The number of amides is 1. The van der Waals surface area contributed by atoms with Gasteiger partial charge in [0, 0.05) is 25.8 Å². The third kappa shape index (κ3) is 3.32. The van der Waals surface area contributed by atoms with E-state index in [0.717, 1.165) is 0 Å². The highest BCUT2D eigenvalue weighted by molar-refractivity contribution is 7.98. The van der Waals surface area contributed by atoms with Crippen molar-refractivity contribution < 1.29 is 14.3 Å². The van der Waals surface area contributed by atoms with Gasteiger partial charge < -0.3 is 14.9 Å². The first-order valence-electron chi connectivity index (χ1n) is 7.63. The SMILES string of the molecule is CSc1nc(N2CCN(C(=O)O)[C@@H](CC#N)C2)c2cnc(Cl)c(F)c2n1. The fourth-order valence-corrected chi connectivity index (χ4v) is 3.41. The molecule has 1 N–H and O–H groups in total. The zero-order valence-corrected chi connectivity index (χ0v) is 15.3. The Morgan fingerprint density at radius 3 is 2.96 bits per heavy atom. The third-order valence-electron chi connectivity index (χ3n) is 4.14. The lowest BCUT2D eigenvalue weighted by atomic mass is 10.1. The van der Waals surface area contributed by atoms with Crippen molar-refractivity contribution in [2.75, 3.05) is 30.8 Å². The number of carbonyl (C=O) groups is 1. The van der Waals surface area contributed by atoms with Gasteiger partial charge in [-0.25, -0.2) is 24.1 Å². The molecule has 1 amide bonds. The summed E-state index contributed by atoms with van der Waals surface area (Å²) in [5.41, 5.74) is 0.0665. The van der Waals surface area contributed by atoms with Crippen molar-refractivity contribution in [3.63, 3.8) is 0 Å². The van der Waals surface area contributed by atoms with Crippen molar-refractivity contribution in [3.05, 3.63) is 17.2 Å². The number of rotatable bonds is 3. The number of halogens is 2. The van der Waals surface area contributed by atoms with E-state index in [1.54, 1.807) is 6.26 Å². The Morgan fingerprint density at radius 2 is 2.31 bits per heavy atom. The maximum absolute atomic E-state index is 14.4. The molecule has 1 fully saturated rings. The van der Waals surface area contributed by atoms with Crippen molar-refractivity contribution in [3.8, 4) is 6.07 Å². The van der Waals surface area contributed by atoms with Gasteiger partial charge >= 0.3 is 6.09 Å². The maximum atomic E-state index is 14.4. The number of hydrogen-bond acceptors (Lipinski definition) is 7. The Labute approximate surface area is 157 Å². The summed E-state index contributed by atoms with van der Waals surface area (Å²) in [5, 5.41) is 18.8. The number of fused-ring (bicyclic) bond motifs is 1. The Bertz CT molecular complexity index is 908. The Morgan fingerprint density at radius 1 is 1.54 bits per heavy atom. The van der Waals surface area contributed by atoms with Gasteiger partial charge in [-0.05, 0) is 6.26 Å². The average Bonchev–Trinajstić information content (AvgIpc) is 2.64. The summed E-state index contributed by atoms with van der Waals surface area (Å²) in [4.78, 5) is 26.9. The van der Waals surface area contributed by atoms with Crippen molar-refractivity contribution in [1.29, 1.82) is 5.26 Å². The Hall–Kier alpha value is -2.38. The minimum absolute atomic E-state index is 0.0552. The van der Waals surface area contributed by atoms with Crippen LogP contribution >= 0.6 is 23.4 Å². The second kappa shape index (κ2) is 7.47. The summed E-state index contributed by atoms with van der Waals surface area (Å²) in [5.74, 6) is -0.267. The molecule has 0 aliphatic carbocycles. The minimum Gasteiger partial charge on any atom is -0.465 e. The summed E-state index contributed by atoms with van der Waals surface area (Å²) < 4.78 is 14.4. The van der Waals surface area contributed by atoms with Crippen LogP contribution in [-0.4, -0.2) is 63.0 Å². The van der Waals surface area contributed by atoms with E-state index in [9.17, 15) is 14.3 Å². The van der Waals surface area contributed by atoms with E-state index < -0.39 is 18.0 Å². The molecule has 2 aromatic heterocycles. The van der Waals surface area contributed by atoms with Gasteiger partial charge in [-0.2, -0.15) is 5.26 Å². The van der Waals surface area contributed by atoms with Gasteiger partial charge in [0.05, 0.1) is 23.9 Å². The zero-order chi connectivity index (χ0) is 18.8. The van der Waals surface area contributed by atoms with Gasteiger partial charge in [0.1, 0.15) is 11.3 Å². The van der Waals surface area contributed by atoms with Gasteiger partial charge in [-0.3, -0.25) is 0 Å². The smallest absolute Gasteiger partial charge is 0.407 e. The van der Waals surface area contributed by atoms with E-state index in [4.69, 9.17) is 16.9 Å². The number of nitrogens with zero attached hydrogens (tertiary/aromatic N) is 6. The van der Waals surface area contributed by atoms with E-state index in [2.05, 4.69) is 15.0 Å². The van der Waals surface area contributed by atoms with Crippen LogP contribution in [0.4, 0.5) is 15.0 Å². The van der Waals surface area contributed by atoms with E-state index in [0.29, 0.717) is 22.9 Å². The molecule has 0 bridgehead atoms. The lowest BCUT2D eigenvalue weighted by Crippen LogP contribution is -2.55. The van der Waals surface area contributed by atoms with E-state index in [1.165, 1.54) is 22.9 Å². The second-order valence-electron chi connectivity index (χ2n) is 5.60. The van der Waals surface area contributed by atoms with Crippen LogP contribution in [0.5, 0.6) is 0 Å². The normalized spacial score (nSPS) is 17.4. The molecule has 1 aliphatic rings. The number of hydrogen-bond donors (Lipinski definition) is 1. The predicted octanol–water partition coefficient (Wildman–Crippen LogP) is 2.62. The summed E-state index contributed by atoms with van der Waals surface area (Å²) in [7, 11) is 0. The highest BCUT2D eigenvalue weighted by Gasteiger charge is 2.32. The van der Waals surface area contributed by atoms with Crippen LogP contribution in [0, 0.1) is 17.1 Å². The lowest BCUT2D eigenvalue weighted by Gasteiger charge is -2.39. The zero-order valence-electron chi connectivity index (χ0n) is 13.7. The Balaban J connectivity index is 2.06. The van der Waals surface area contributed by atoms with Crippen molar-refractivity contribution >= 4 is 46.2 Å². The number of anilines is 1. The van der Waals surface area contributed by atoms with Crippen LogP contribution < -0.4 is 4.90 Å². The van der Waals surface area contributed by atoms with Gasteiger partial charge in [0.25, 0.3) is 0 Å². The first kappa shape index (κ1) is 18.4. The van der Waals surface area contributed by atoms with Crippen LogP contribution in [-0.2, 0) is 0 Å². The molecular weight excluding hydrogens is 383 g/mol. The molecule has 8 nitrogen and oxygen atoms in total. The summed E-state index contributed by atoms with van der Waals surface area (Å²) in [6, 6.07) is 1.51. The third-order valence-corrected chi connectivity index (χ3v) is 4.95. The number of pyridine rings is 1. The van der Waals surface area contributed by atoms with Gasteiger partial charge in [0.15, 0.2) is 16.1 Å². The molecule has 0 unspecified atom stereocenters. The Kier molecular flexibility index (Phi) is 5.29. The van der Waals surface area contributed by atoms with Crippen LogP contribution in [0.1, 0.15) is 6.42 Å². The molecule has 0 radical (unpaired) electrons. The topological polar surface area (TPSA) is 106 Å². The first-order chi connectivity index (χ1) is 12.5. The molecule has 1 saturated heterocycles. The summed E-state index contributed by atoms with van der Waals surface area (Å²) in [6.07, 6.45) is 2.16. The molecule has 2 aromatic rings. The first-order valence-corrected chi connectivity index (χ1v) is 9.23. The van der Waals surface area contributed by atoms with Crippen molar-refractivity contribution in [2.24, 2.45) is 0 Å². The van der Waals surface area contributed by atoms with Crippen LogP contribution in [0.15, 0.2) is 11.4 Å². The lowest BCUT2D eigenvalue weighted by molar-refractivity contribution is 0.119. The predicted molar refractivity (Wildman–Crippen MR) is 95.0 cm³/mol. The van der Waals surface area contributed by atoms with Gasteiger partial charge in [-0.1, -0.05) is 23.4 Å². The molecule has 0 spiro atoms. The molecule has 11 heteroatoms. The summed E-state index contributed by atoms with van der Waals surface area (Å²) in [6.45, 7) is 0.841. The average molecular weight is 397 g/mol. The second-order valence-corrected chi connectivity index (χ2v) is 6.73. The van der Waals surface area contributed by atoms with Crippen LogP contribution in [0.3, 0.4) is 0 Å². The number of aromatic nitrogens is 3. The van der Waals surface area contributed by atoms with Crippen molar-refractivity contribution in [1.82, 2.24) is 19.9 Å². The van der Waals surface area contributed by atoms with Gasteiger partial charge in [0.2, 0.25) is 0 Å². The van der Waals surface area contributed by atoms with Crippen LogP contribution in [0.2, 0.25) is 5.15 Å². The number of carboxylic acid groups (broad SMARTS) is 1. The fourth-order valence-electron chi connectivity index (χ4n) is 2.91. The number of nitriles is 1. The maximum Gasteiger partial charge on any atom is 0.407 e. The number of piperazine rings is 1. The molecular formula is C15H14ClFN6O2S. The monoisotopic (exact) mass is 396 g/mol. The van der Waals surface area contributed by atoms with E-state index >= 15 is 0 Å². The molecule has 1 aliphatic heterocycles. The molecule has 1 atom stereocenters. The fraction of sp³-hybridized carbons (Fsp3) is 0.400. The molecule has 0 aromatic carbocycles. The molecule has 26 heavy (non-hydrogen) atoms. The standard InChI is InChI=1S/C15H14ClFN6O2S/c1-26-14-20-11-9(6-19-12(16)10(11)17)13(21-14)22-4-5-23(15(24)25)8(7-22)2-3-18/h6,8H,2,4-5,7H2,1H3,(H,24,25)/t8-/m0/s1.